The number of ketones is 1. The van der Waals surface area contributed by atoms with Crippen LogP contribution in [-0.4, -0.2) is 26.3 Å². The van der Waals surface area contributed by atoms with Gasteiger partial charge in [0.05, 0.1) is 11.4 Å². The molecule has 0 saturated carbocycles. The zero-order valence-corrected chi connectivity index (χ0v) is 14.5. The maximum atomic E-state index is 12.1. The summed E-state index contributed by atoms with van der Waals surface area (Å²) in [5, 5.41) is 4.98. The van der Waals surface area contributed by atoms with Crippen LogP contribution in [-0.2, 0) is 0 Å². The Hall–Kier alpha value is -1.67. The third-order valence-corrected chi connectivity index (χ3v) is 4.56. The van der Waals surface area contributed by atoms with E-state index in [2.05, 4.69) is 32.7 Å². The number of para-hydroxylation sites is 1. The number of thioether (sulfide) groups is 1. The molecule has 6 heteroatoms. The first-order valence-electron chi connectivity index (χ1n) is 6.61. The van der Waals surface area contributed by atoms with Crippen LogP contribution < -0.4 is 0 Å². The van der Waals surface area contributed by atoms with Crippen LogP contribution in [0.3, 0.4) is 0 Å². The summed E-state index contributed by atoms with van der Waals surface area (Å²) < 4.78 is 2.82. The van der Waals surface area contributed by atoms with E-state index in [-0.39, 0.29) is 5.78 Å². The summed E-state index contributed by atoms with van der Waals surface area (Å²) in [5.74, 6) is 0.414. The fourth-order valence-electron chi connectivity index (χ4n) is 1.87. The molecule has 0 bridgehead atoms. The maximum Gasteiger partial charge on any atom is 0.209 e. The highest BCUT2D eigenvalue weighted by Gasteiger charge is 2.09. The predicted octanol–water partition coefficient (Wildman–Crippen LogP) is 3.85. The molecule has 0 atom stereocenters. The van der Waals surface area contributed by atoms with Crippen molar-refractivity contribution in [2.24, 2.45) is 0 Å². The Balaban J connectivity index is 1.64. The lowest BCUT2D eigenvalue weighted by atomic mass is 10.2. The van der Waals surface area contributed by atoms with Crippen LogP contribution in [0.1, 0.15) is 10.4 Å². The van der Waals surface area contributed by atoms with E-state index in [1.807, 2.05) is 54.6 Å². The normalized spacial score (nSPS) is 10.6. The van der Waals surface area contributed by atoms with Crippen molar-refractivity contribution in [1.82, 2.24) is 14.8 Å². The second-order valence-corrected chi connectivity index (χ2v) is 6.71. The minimum atomic E-state index is 0.0810. The lowest BCUT2D eigenvalue weighted by Crippen LogP contribution is -2.02. The Kier molecular flexibility index (Phi) is 4.89. The number of hydrogen-bond donors (Lipinski definition) is 0. The van der Waals surface area contributed by atoms with Crippen LogP contribution in [0.25, 0.3) is 5.69 Å². The van der Waals surface area contributed by atoms with Crippen LogP contribution in [0.5, 0.6) is 0 Å². The molecular weight excluding hydrogens is 409 g/mol. The lowest BCUT2D eigenvalue weighted by molar-refractivity contribution is 0.102. The van der Waals surface area contributed by atoms with Gasteiger partial charge in [0.2, 0.25) is 5.16 Å². The summed E-state index contributed by atoms with van der Waals surface area (Å²) in [6, 6.07) is 17.3. The van der Waals surface area contributed by atoms with Crippen LogP contribution in [0.15, 0.2) is 66.1 Å². The molecule has 0 N–H and O–H groups in total. The Labute approximate surface area is 146 Å². The van der Waals surface area contributed by atoms with E-state index in [1.165, 1.54) is 11.8 Å². The number of hydrogen-bond acceptors (Lipinski definition) is 4. The molecule has 110 valence electrons. The smallest absolute Gasteiger partial charge is 0.209 e. The molecule has 0 saturated heterocycles. The molecule has 0 unspecified atom stereocenters. The molecule has 22 heavy (non-hydrogen) atoms. The number of Topliss-reactive ketones (excluding diaryl/α,β-unsaturated/α-hetero) is 1. The molecule has 0 spiro atoms. The third kappa shape index (κ3) is 3.75. The molecule has 1 heterocycles. The number of aromatic nitrogens is 3. The van der Waals surface area contributed by atoms with Crippen molar-refractivity contribution in [3.63, 3.8) is 0 Å². The summed E-state index contributed by atoms with van der Waals surface area (Å²) in [4.78, 5) is 16.4. The molecule has 0 aliphatic rings. The quantitative estimate of drug-likeness (QED) is 0.357. The Morgan fingerprint density at radius 2 is 1.82 bits per heavy atom. The van der Waals surface area contributed by atoms with Crippen molar-refractivity contribution in [3.05, 3.63) is 70.1 Å². The fourth-order valence-corrected chi connectivity index (χ4v) is 2.92. The molecule has 0 radical (unpaired) electrons. The zero-order valence-electron chi connectivity index (χ0n) is 11.5. The average molecular weight is 421 g/mol. The van der Waals surface area contributed by atoms with E-state index in [1.54, 1.807) is 11.0 Å². The summed E-state index contributed by atoms with van der Waals surface area (Å²) in [6.45, 7) is 0. The average Bonchev–Trinajstić information content (AvgIpc) is 3.03. The molecule has 0 aliphatic carbocycles. The van der Waals surface area contributed by atoms with Gasteiger partial charge in [0.1, 0.15) is 6.33 Å². The van der Waals surface area contributed by atoms with Gasteiger partial charge >= 0.3 is 0 Å². The van der Waals surface area contributed by atoms with Gasteiger partial charge in [-0.15, -0.1) is 5.10 Å². The number of carbonyl (C=O) groups is 1. The molecule has 3 aromatic rings. The Morgan fingerprint density at radius 3 is 2.55 bits per heavy atom. The standard InChI is InChI=1S/C16H12IN3OS/c17-13-8-6-12(7-9-13)15(21)10-22-16-18-11-20(19-16)14-4-2-1-3-5-14/h1-9,11H,10H2. The number of halogens is 1. The van der Waals surface area contributed by atoms with Gasteiger partial charge in [0.25, 0.3) is 0 Å². The molecule has 0 amide bonds. The first-order valence-corrected chi connectivity index (χ1v) is 8.67. The van der Waals surface area contributed by atoms with E-state index >= 15 is 0 Å². The molecule has 0 aliphatic heterocycles. The van der Waals surface area contributed by atoms with Crippen molar-refractivity contribution in [3.8, 4) is 5.69 Å². The highest BCUT2D eigenvalue weighted by molar-refractivity contribution is 14.1. The first-order chi connectivity index (χ1) is 10.7. The van der Waals surface area contributed by atoms with Crippen molar-refractivity contribution in [2.45, 2.75) is 5.16 Å². The van der Waals surface area contributed by atoms with E-state index in [4.69, 9.17) is 0 Å². The summed E-state index contributed by atoms with van der Waals surface area (Å²) in [7, 11) is 0. The van der Waals surface area contributed by atoms with Gasteiger partial charge in [-0.1, -0.05) is 42.1 Å². The molecule has 0 fully saturated rings. The highest BCUT2D eigenvalue weighted by atomic mass is 127. The Morgan fingerprint density at radius 1 is 1.09 bits per heavy atom. The molecule has 2 aromatic carbocycles. The summed E-state index contributed by atoms with van der Waals surface area (Å²) in [6.07, 6.45) is 1.66. The summed E-state index contributed by atoms with van der Waals surface area (Å²) in [5.41, 5.74) is 1.67. The van der Waals surface area contributed by atoms with Gasteiger partial charge in [0.15, 0.2) is 5.78 Å². The number of nitrogens with zero attached hydrogens (tertiary/aromatic N) is 3. The number of carbonyl (C=O) groups excluding carboxylic acids is 1. The predicted molar refractivity (Wildman–Crippen MR) is 95.6 cm³/mol. The third-order valence-electron chi connectivity index (χ3n) is 2.99. The van der Waals surface area contributed by atoms with E-state index in [9.17, 15) is 4.79 Å². The topological polar surface area (TPSA) is 47.8 Å². The van der Waals surface area contributed by atoms with Crippen LogP contribution >= 0.6 is 34.4 Å². The molecule has 1 aromatic heterocycles. The van der Waals surface area contributed by atoms with Crippen LogP contribution in [0.4, 0.5) is 0 Å². The van der Waals surface area contributed by atoms with E-state index in [0.717, 1.165) is 14.8 Å². The van der Waals surface area contributed by atoms with Gasteiger partial charge in [-0.3, -0.25) is 4.79 Å². The number of benzene rings is 2. The molecule has 3 rings (SSSR count). The maximum absolute atomic E-state index is 12.1. The monoisotopic (exact) mass is 421 g/mol. The van der Waals surface area contributed by atoms with Crippen molar-refractivity contribution >= 4 is 40.1 Å². The first kappa shape index (κ1) is 15.2. The molecular formula is C16H12IN3OS. The van der Waals surface area contributed by atoms with Crippen LogP contribution in [0, 0.1) is 3.57 Å². The fraction of sp³-hybridized carbons (Fsp3) is 0.0625. The van der Waals surface area contributed by atoms with Gasteiger partial charge in [-0.05, 0) is 46.9 Å². The van der Waals surface area contributed by atoms with Crippen LogP contribution in [0.2, 0.25) is 0 Å². The van der Waals surface area contributed by atoms with Crippen molar-refractivity contribution < 1.29 is 4.79 Å². The molecule has 4 nitrogen and oxygen atoms in total. The Bertz CT molecular complexity index is 772. The lowest BCUT2D eigenvalue weighted by Gasteiger charge is -2.00. The van der Waals surface area contributed by atoms with Gasteiger partial charge < -0.3 is 0 Å². The van der Waals surface area contributed by atoms with Gasteiger partial charge in [0, 0.05) is 9.13 Å². The van der Waals surface area contributed by atoms with Gasteiger partial charge in [-0.2, -0.15) is 0 Å². The summed E-state index contributed by atoms with van der Waals surface area (Å²) >= 11 is 3.57. The van der Waals surface area contributed by atoms with Gasteiger partial charge in [-0.25, -0.2) is 9.67 Å². The highest BCUT2D eigenvalue weighted by Crippen LogP contribution is 2.16. The number of rotatable bonds is 5. The van der Waals surface area contributed by atoms with Crippen molar-refractivity contribution in [1.29, 1.82) is 0 Å². The minimum absolute atomic E-state index is 0.0810. The van der Waals surface area contributed by atoms with Crippen molar-refractivity contribution in [2.75, 3.05) is 5.75 Å². The second kappa shape index (κ2) is 7.06. The minimum Gasteiger partial charge on any atom is -0.293 e. The largest absolute Gasteiger partial charge is 0.293 e. The zero-order chi connectivity index (χ0) is 15.4. The van der Waals surface area contributed by atoms with E-state index in [0.29, 0.717) is 10.9 Å². The van der Waals surface area contributed by atoms with E-state index < -0.39 is 0 Å². The second-order valence-electron chi connectivity index (χ2n) is 4.53. The SMILES string of the molecule is O=C(CSc1ncn(-c2ccccc2)n1)c1ccc(I)cc1.